The summed E-state index contributed by atoms with van der Waals surface area (Å²) < 4.78 is 41.7. The number of amidine groups is 1. The van der Waals surface area contributed by atoms with Crippen LogP contribution >= 0.6 is 11.8 Å². The topological polar surface area (TPSA) is 67.1 Å². The van der Waals surface area contributed by atoms with E-state index in [1.54, 1.807) is 13.0 Å². The van der Waals surface area contributed by atoms with Gasteiger partial charge >= 0.3 is 6.18 Å². The number of rotatable bonds is 4. The molecule has 1 aliphatic carbocycles. The van der Waals surface area contributed by atoms with Crippen LogP contribution in [-0.2, 0) is 5.75 Å². The maximum atomic E-state index is 12.3. The molecule has 3 rings (SSSR count). The maximum absolute atomic E-state index is 12.3. The van der Waals surface area contributed by atoms with Gasteiger partial charge in [-0.2, -0.15) is 13.2 Å². The van der Waals surface area contributed by atoms with Gasteiger partial charge in [0.1, 0.15) is 17.2 Å². The molecule has 0 saturated heterocycles. The van der Waals surface area contributed by atoms with Gasteiger partial charge in [0.25, 0.3) is 0 Å². The molecule has 0 bridgehead atoms. The Morgan fingerprint density at radius 2 is 2.08 bits per heavy atom. The third kappa shape index (κ3) is 4.22. The molecule has 0 saturated carbocycles. The minimum absolute atomic E-state index is 0.105. The van der Waals surface area contributed by atoms with Gasteiger partial charge in [0.05, 0.1) is 11.4 Å². The number of thioether (sulfide) groups is 1. The van der Waals surface area contributed by atoms with E-state index in [2.05, 4.69) is 15.0 Å². The maximum Gasteiger partial charge on any atom is 0.422 e. The van der Waals surface area contributed by atoms with Crippen LogP contribution in [0.2, 0.25) is 0 Å². The number of aliphatic imine (C=N–C) groups is 2. The Balaban J connectivity index is 1.67. The lowest BCUT2D eigenvalue weighted by molar-refractivity contribution is -0.153. The van der Waals surface area contributed by atoms with Gasteiger partial charge in [-0.1, -0.05) is 17.8 Å². The average Bonchev–Trinajstić information content (AvgIpc) is 2.96. The number of ether oxygens (including phenoxy) is 1. The highest BCUT2D eigenvalue weighted by Gasteiger charge is 2.29. The number of nitrogens with zero attached hydrogens (tertiary/aromatic N) is 3. The molecule has 5 nitrogen and oxygen atoms in total. The Bertz CT molecular complexity index is 813. The predicted octanol–water partition coefficient (Wildman–Crippen LogP) is 4.10. The molecule has 0 aromatic carbocycles. The van der Waals surface area contributed by atoms with E-state index in [0.717, 1.165) is 0 Å². The number of hydrogen-bond acceptors (Lipinski definition) is 6. The fourth-order valence-electron chi connectivity index (χ4n) is 2.26. The second kappa shape index (κ2) is 6.91. The standard InChI is InChI=1S/C16H14F3N3O2S/c1-9-11(20-6-5-13(9)24-8-16(17,18)19)7-25-15-21-10-3-2-4-12(23)14(10)22-15/h3-6,23H,2,7-8H2,1H3. The second-order valence-electron chi connectivity index (χ2n) is 5.34. The first-order valence-corrected chi connectivity index (χ1v) is 8.36. The van der Waals surface area contributed by atoms with Crippen molar-refractivity contribution < 1.29 is 23.0 Å². The molecule has 0 unspecified atom stereocenters. The molecule has 1 N–H and O–H groups in total. The smallest absolute Gasteiger partial charge is 0.422 e. The monoisotopic (exact) mass is 369 g/mol. The van der Waals surface area contributed by atoms with E-state index in [1.807, 2.05) is 6.08 Å². The van der Waals surface area contributed by atoms with Gasteiger partial charge in [-0.05, 0) is 25.5 Å². The lowest BCUT2D eigenvalue weighted by atomic mass is 10.1. The SMILES string of the molecule is Cc1c(OCC(F)(F)F)ccnc1CSC1=NC2=CCC=C(O)C2=N1. The summed E-state index contributed by atoms with van der Waals surface area (Å²) in [5.41, 5.74) is 2.22. The third-order valence-corrected chi connectivity index (χ3v) is 4.38. The van der Waals surface area contributed by atoms with Crippen molar-refractivity contribution in [1.82, 2.24) is 4.98 Å². The summed E-state index contributed by atoms with van der Waals surface area (Å²) in [6, 6.07) is 1.41. The van der Waals surface area contributed by atoms with Crippen LogP contribution in [0.5, 0.6) is 5.75 Å². The van der Waals surface area contributed by atoms with E-state index >= 15 is 0 Å². The number of hydrogen-bond donors (Lipinski definition) is 1. The van der Waals surface area contributed by atoms with E-state index in [4.69, 9.17) is 4.74 Å². The quantitative estimate of drug-likeness (QED) is 0.868. The molecule has 25 heavy (non-hydrogen) atoms. The minimum atomic E-state index is -4.39. The average molecular weight is 369 g/mol. The molecule has 0 amide bonds. The van der Waals surface area contributed by atoms with E-state index in [0.29, 0.717) is 40.0 Å². The molecule has 2 heterocycles. The number of allylic oxidation sites excluding steroid dienone is 2. The molecule has 1 aromatic rings. The molecule has 0 spiro atoms. The number of aliphatic hydroxyl groups is 1. The minimum Gasteiger partial charge on any atom is -0.506 e. The van der Waals surface area contributed by atoms with Gasteiger partial charge in [-0.25, -0.2) is 9.98 Å². The van der Waals surface area contributed by atoms with Crippen LogP contribution in [0.4, 0.5) is 13.2 Å². The number of pyridine rings is 1. The lowest BCUT2D eigenvalue weighted by Gasteiger charge is -2.13. The van der Waals surface area contributed by atoms with Crippen LogP contribution in [0.1, 0.15) is 17.7 Å². The van der Waals surface area contributed by atoms with Gasteiger partial charge in [0.2, 0.25) is 0 Å². The zero-order valence-corrected chi connectivity index (χ0v) is 14.0. The number of aliphatic hydroxyl groups excluding tert-OH is 1. The van der Waals surface area contributed by atoms with Crippen molar-refractivity contribution in [2.24, 2.45) is 9.98 Å². The molecule has 132 valence electrons. The van der Waals surface area contributed by atoms with E-state index < -0.39 is 12.8 Å². The second-order valence-corrected chi connectivity index (χ2v) is 6.29. The number of halogens is 3. The van der Waals surface area contributed by atoms with Gasteiger partial charge in [0, 0.05) is 17.5 Å². The number of fused-ring (bicyclic) bond motifs is 1. The summed E-state index contributed by atoms with van der Waals surface area (Å²) >= 11 is 1.29. The Kier molecular flexibility index (Phi) is 4.85. The summed E-state index contributed by atoms with van der Waals surface area (Å²) in [4.78, 5) is 12.8. The van der Waals surface area contributed by atoms with Crippen LogP contribution in [0.3, 0.4) is 0 Å². The Labute approximate surface area is 146 Å². The molecular weight excluding hydrogens is 355 g/mol. The van der Waals surface area contributed by atoms with E-state index in [1.165, 1.54) is 24.0 Å². The molecular formula is C16H14F3N3O2S. The van der Waals surface area contributed by atoms with Crippen molar-refractivity contribution in [3.8, 4) is 5.75 Å². The van der Waals surface area contributed by atoms with Crippen LogP contribution in [0.15, 0.2) is 45.9 Å². The van der Waals surface area contributed by atoms with Crippen molar-refractivity contribution in [2.45, 2.75) is 25.3 Å². The fourth-order valence-corrected chi connectivity index (χ4v) is 3.14. The number of aromatic nitrogens is 1. The van der Waals surface area contributed by atoms with Gasteiger partial charge < -0.3 is 9.84 Å². The molecule has 2 aliphatic rings. The zero-order chi connectivity index (χ0) is 18.0. The molecule has 1 aliphatic heterocycles. The summed E-state index contributed by atoms with van der Waals surface area (Å²) in [7, 11) is 0. The van der Waals surface area contributed by atoms with E-state index in [9.17, 15) is 18.3 Å². The normalized spacial score (nSPS) is 16.6. The number of alkyl halides is 3. The van der Waals surface area contributed by atoms with Crippen molar-refractivity contribution in [1.29, 1.82) is 0 Å². The molecule has 0 atom stereocenters. The van der Waals surface area contributed by atoms with Crippen molar-refractivity contribution in [3.05, 3.63) is 47.1 Å². The molecule has 1 aromatic heterocycles. The van der Waals surface area contributed by atoms with Gasteiger partial charge in [-0.3, -0.25) is 4.98 Å². The fraction of sp³-hybridized carbons (Fsp3) is 0.312. The predicted molar refractivity (Wildman–Crippen MR) is 90.1 cm³/mol. The summed E-state index contributed by atoms with van der Waals surface area (Å²) in [6.07, 6.45) is 1.13. The Morgan fingerprint density at radius 1 is 1.28 bits per heavy atom. The Morgan fingerprint density at radius 3 is 2.80 bits per heavy atom. The lowest BCUT2D eigenvalue weighted by Crippen LogP contribution is -2.19. The highest BCUT2D eigenvalue weighted by atomic mass is 32.2. The first-order valence-electron chi connectivity index (χ1n) is 7.38. The van der Waals surface area contributed by atoms with Crippen LogP contribution in [0.25, 0.3) is 0 Å². The van der Waals surface area contributed by atoms with Gasteiger partial charge in [0.15, 0.2) is 11.8 Å². The van der Waals surface area contributed by atoms with Crippen molar-refractivity contribution in [3.63, 3.8) is 0 Å². The van der Waals surface area contributed by atoms with E-state index in [-0.39, 0.29) is 11.5 Å². The van der Waals surface area contributed by atoms with Gasteiger partial charge in [-0.15, -0.1) is 0 Å². The van der Waals surface area contributed by atoms with Crippen LogP contribution < -0.4 is 4.74 Å². The molecule has 9 heteroatoms. The summed E-state index contributed by atoms with van der Waals surface area (Å²) in [6.45, 7) is 0.318. The zero-order valence-electron chi connectivity index (χ0n) is 13.2. The molecule has 0 radical (unpaired) electrons. The largest absolute Gasteiger partial charge is 0.506 e. The summed E-state index contributed by atoms with van der Waals surface area (Å²) in [5, 5.41) is 10.3. The highest BCUT2D eigenvalue weighted by Crippen LogP contribution is 2.29. The first kappa shape index (κ1) is 17.5. The summed E-state index contributed by atoms with van der Waals surface area (Å²) in [5.74, 6) is 0.635. The van der Waals surface area contributed by atoms with Crippen molar-refractivity contribution in [2.75, 3.05) is 6.61 Å². The van der Waals surface area contributed by atoms with Crippen molar-refractivity contribution >= 4 is 22.6 Å². The first-order chi connectivity index (χ1) is 11.8. The third-order valence-electron chi connectivity index (χ3n) is 3.52. The Hall–Kier alpha value is -2.29. The van der Waals surface area contributed by atoms with Crippen LogP contribution in [0, 0.1) is 6.92 Å². The molecule has 0 fully saturated rings. The highest BCUT2D eigenvalue weighted by molar-refractivity contribution is 8.13. The van der Waals surface area contributed by atoms with Crippen LogP contribution in [-0.4, -0.2) is 33.8 Å².